The summed E-state index contributed by atoms with van der Waals surface area (Å²) in [6.45, 7) is 2.32. The Morgan fingerprint density at radius 3 is 3.33 bits per heavy atom. The molecule has 1 aromatic heterocycles. The highest BCUT2D eigenvalue weighted by molar-refractivity contribution is 5.90. The molecule has 0 saturated carbocycles. The molecule has 0 spiro atoms. The molecule has 1 atom stereocenters. The lowest BCUT2D eigenvalue weighted by atomic mass is 10.1. The number of ether oxygens (including phenoxy) is 1. The van der Waals surface area contributed by atoms with Crippen LogP contribution in [0.25, 0.3) is 0 Å². The fourth-order valence-corrected chi connectivity index (χ4v) is 2.10. The van der Waals surface area contributed by atoms with Crippen molar-refractivity contribution in [2.24, 2.45) is 0 Å². The summed E-state index contributed by atoms with van der Waals surface area (Å²) >= 11 is 0. The van der Waals surface area contributed by atoms with Crippen LogP contribution in [0.15, 0.2) is 12.4 Å². The lowest BCUT2D eigenvalue weighted by Gasteiger charge is -2.08. The van der Waals surface area contributed by atoms with E-state index in [0.29, 0.717) is 25.6 Å². The molecule has 100 valence electrons. The van der Waals surface area contributed by atoms with Crippen molar-refractivity contribution < 1.29 is 9.53 Å². The average Bonchev–Trinajstić information content (AvgIpc) is 2.98. The van der Waals surface area contributed by atoms with E-state index in [-0.39, 0.29) is 5.91 Å². The number of hydrogen-bond donors (Lipinski definition) is 2. The fourth-order valence-electron chi connectivity index (χ4n) is 2.10. The molecule has 0 radical (unpaired) electrons. The summed E-state index contributed by atoms with van der Waals surface area (Å²) in [6.07, 6.45) is 6.26. The Morgan fingerprint density at radius 2 is 2.61 bits per heavy atom. The minimum atomic E-state index is 0.0423. The van der Waals surface area contributed by atoms with Gasteiger partial charge in [0, 0.05) is 25.8 Å². The van der Waals surface area contributed by atoms with Crippen LogP contribution in [0.5, 0.6) is 0 Å². The maximum atomic E-state index is 11.8. The molecule has 0 aromatic carbocycles. The predicted molar refractivity (Wildman–Crippen MR) is 68.4 cm³/mol. The third-order valence-electron chi connectivity index (χ3n) is 3.04. The number of aromatic nitrogens is 2. The van der Waals surface area contributed by atoms with Crippen LogP contribution in [0.4, 0.5) is 5.69 Å². The zero-order chi connectivity index (χ0) is 12.8. The number of carbonyl (C=O) groups excluding carboxylic acids is 1. The molecule has 1 aliphatic heterocycles. The second-order valence-electron chi connectivity index (χ2n) is 4.53. The van der Waals surface area contributed by atoms with Gasteiger partial charge in [0.1, 0.15) is 0 Å². The Hall–Kier alpha value is -1.40. The van der Waals surface area contributed by atoms with E-state index in [9.17, 15) is 4.79 Å². The van der Waals surface area contributed by atoms with E-state index >= 15 is 0 Å². The molecular weight excluding hydrogens is 232 g/mol. The van der Waals surface area contributed by atoms with Gasteiger partial charge in [-0.15, -0.1) is 0 Å². The number of amides is 1. The average molecular weight is 252 g/mol. The van der Waals surface area contributed by atoms with E-state index in [1.54, 1.807) is 18.0 Å². The van der Waals surface area contributed by atoms with Crippen LogP contribution in [0, 0.1) is 0 Å². The van der Waals surface area contributed by atoms with Gasteiger partial charge in [0.05, 0.1) is 25.0 Å². The Bertz CT molecular complexity index is 385. The van der Waals surface area contributed by atoms with Crippen LogP contribution in [-0.2, 0) is 16.1 Å². The molecule has 2 rings (SSSR count). The molecule has 1 aromatic rings. The highest BCUT2D eigenvalue weighted by Crippen LogP contribution is 2.11. The first-order valence-corrected chi connectivity index (χ1v) is 6.32. The van der Waals surface area contributed by atoms with Gasteiger partial charge in [-0.1, -0.05) is 0 Å². The van der Waals surface area contributed by atoms with E-state index in [2.05, 4.69) is 15.7 Å². The van der Waals surface area contributed by atoms with Crippen LogP contribution in [0.2, 0.25) is 0 Å². The summed E-state index contributed by atoms with van der Waals surface area (Å²) in [5.41, 5.74) is 0.745. The Morgan fingerprint density at radius 1 is 1.72 bits per heavy atom. The molecule has 2 N–H and O–H groups in total. The van der Waals surface area contributed by atoms with Gasteiger partial charge >= 0.3 is 0 Å². The number of anilines is 1. The van der Waals surface area contributed by atoms with E-state index < -0.39 is 0 Å². The molecule has 1 aliphatic rings. The summed E-state index contributed by atoms with van der Waals surface area (Å²) in [7, 11) is 1.65. The third-order valence-corrected chi connectivity index (χ3v) is 3.04. The van der Waals surface area contributed by atoms with Crippen LogP contribution in [-0.4, -0.2) is 42.0 Å². The third kappa shape index (κ3) is 3.82. The molecule has 6 heteroatoms. The van der Waals surface area contributed by atoms with Gasteiger partial charge in [0.15, 0.2) is 0 Å². The number of rotatable bonds is 6. The zero-order valence-electron chi connectivity index (χ0n) is 10.7. The van der Waals surface area contributed by atoms with Gasteiger partial charge in [-0.3, -0.25) is 9.48 Å². The first-order chi connectivity index (χ1) is 8.78. The van der Waals surface area contributed by atoms with Gasteiger partial charge < -0.3 is 15.4 Å². The largest absolute Gasteiger partial charge is 0.383 e. The number of nitrogens with zero attached hydrogens (tertiary/aromatic N) is 2. The van der Waals surface area contributed by atoms with Gasteiger partial charge in [0.2, 0.25) is 5.91 Å². The van der Waals surface area contributed by atoms with Crippen molar-refractivity contribution in [3.05, 3.63) is 12.4 Å². The van der Waals surface area contributed by atoms with Crippen molar-refractivity contribution in [3.63, 3.8) is 0 Å². The Balaban J connectivity index is 1.77. The molecular formula is C12H20N4O2. The summed E-state index contributed by atoms with van der Waals surface area (Å²) in [4.78, 5) is 11.8. The van der Waals surface area contributed by atoms with Crippen LogP contribution < -0.4 is 10.6 Å². The summed E-state index contributed by atoms with van der Waals surface area (Å²) in [5, 5.41) is 10.3. The Kier molecular flexibility index (Phi) is 4.72. The van der Waals surface area contributed by atoms with Gasteiger partial charge in [-0.05, 0) is 19.4 Å². The molecule has 2 heterocycles. The van der Waals surface area contributed by atoms with Crippen molar-refractivity contribution >= 4 is 11.6 Å². The molecule has 0 aliphatic carbocycles. The summed E-state index contributed by atoms with van der Waals surface area (Å²) in [5.74, 6) is 0.0423. The lowest BCUT2D eigenvalue weighted by molar-refractivity contribution is -0.116. The van der Waals surface area contributed by atoms with Gasteiger partial charge in [-0.25, -0.2) is 0 Å². The molecule has 6 nitrogen and oxygen atoms in total. The maximum Gasteiger partial charge on any atom is 0.226 e. The predicted octanol–water partition coefficient (Wildman–Crippen LogP) is 0.610. The molecule has 18 heavy (non-hydrogen) atoms. The van der Waals surface area contributed by atoms with Crippen molar-refractivity contribution in [2.45, 2.75) is 31.8 Å². The van der Waals surface area contributed by atoms with E-state index in [0.717, 1.165) is 25.1 Å². The second kappa shape index (κ2) is 6.51. The number of nitrogens with one attached hydrogen (secondary N) is 2. The highest BCUT2D eigenvalue weighted by Gasteiger charge is 2.17. The molecule has 1 unspecified atom stereocenters. The topological polar surface area (TPSA) is 68.2 Å². The van der Waals surface area contributed by atoms with Gasteiger partial charge in [-0.2, -0.15) is 5.10 Å². The minimum Gasteiger partial charge on any atom is -0.383 e. The normalized spacial score (nSPS) is 19.1. The van der Waals surface area contributed by atoms with Crippen LogP contribution in [0.1, 0.15) is 19.3 Å². The number of carbonyl (C=O) groups is 1. The molecule has 0 bridgehead atoms. The number of methoxy groups -OCH3 is 1. The lowest BCUT2D eigenvalue weighted by Crippen LogP contribution is -2.27. The van der Waals surface area contributed by atoms with Gasteiger partial charge in [0.25, 0.3) is 0 Å². The Labute approximate surface area is 107 Å². The second-order valence-corrected chi connectivity index (χ2v) is 4.53. The fraction of sp³-hybridized carbons (Fsp3) is 0.667. The number of hydrogen-bond acceptors (Lipinski definition) is 4. The monoisotopic (exact) mass is 252 g/mol. The smallest absolute Gasteiger partial charge is 0.226 e. The SMILES string of the molecule is COCCn1cc(NC(=O)CC2CCCN2)cn1. The van der Waals surface area contributed by atoms with Crippen molar-refractivity contribution in [1.29, 1.82) is 0 Å². The van der Waals surface area contributed by atoms with E-state index in [1.165, 1.54) is 0 Å². The van der Waals surface area contributed by atoms with Crippen molar-refractivity contribution in [1.82, 2.24) is 15.1 Å². The van der Waals surface area contributed by atoms with E-state index in [1.807, 2.05) is 6.20 Å². The summed E-state index contributed by atoms with van der Waals surface area (Å²) in [6, 6.07) is 0.327. The standard InChI is InChI=1S/C12H20N4O2/c1-18-6-5-16-9-11(8-14-16)15-12(17)7-10-3-2-4-13-10/h8-10,13H,2-7H2,1H3,(H,15,17). The first-order valence-electron chi connectivity index (χ1n) is 6.32. The molecule has 1 fully saturated rings. The van der Waals surface area contributed by atoms with Crippen molar-refractivity contribution in [3.8, 4) is 0 Å². The molecule has 1 amide bonds. The van der Waals surface area contributed by atoms with Crippen LogP contribution in [0.3, 0.4) is 0 Å². The highest BCUT2D eigenvalue weighted by atomic mass is 16.5. The maximum absolute atomic E-state index is 11.8. The van der Waals surface area contributed by atoms with E-state index in [4.69, 9.17) is 4.74 Å². The first kappa shape index (κ1) is 13.0. The quantitative estimate of drug-likeness (QED) is 0.778. The van der Waals surface area contributed by atoms with Crippen molar-refractivity contribution in [2.75, 3.05) is 25.6 Å². The zero-order valence-corrected chi connectivity index (χ0v) is 10.7. The summed E-state index contributed by atoms with van der Waals surface area (Å²) < 4.78 is 6.73. The van der Waals surface area contributed by atoms with Crippen LogP contribution >= 0.6 is 0 Å². The molecule has 1 saturated heterocycles. The minimum absolute atomic E-state index is 0.0423.